The van der Waals surface area contributed by atoms with Crippen LogP contribution in [0.5, 0.6) is 0 Å². The topological polar surface area (TPSA) is 87.2 Å². The van der Waals surface area contributed by atoms with Crippen LogP contribution in [-0.4, -0.2) is 82.2 Å². The fourth-order valence-electron chi connectivity index (χ4n) is 3.89. The highest BCUT2D eigenvalue weighted by molar-refractivity contribution is 7.92. The van der Waals surface area contributed by atoms with Crippen LogP contribution in [0.3, 0.4) is 0 Å². The molecule has 8 nitrogen and oxygen atoms in total. The molecule has 0 aliphatic carbocycles. The van der Waals surface area contributed by atoms with Crippen LogP contribution in [0.25, 0.3) is 0 Å². The Balaban J connectivity index is 1.70. The molecule has 29 heavy (non-hydrogen) atoms. The Bertz CT molecular complexity index is 851. The average molecular weight is 424 g/mol. The van der Waals surface area contributed by atoms with Gasteiger partial charge in [-0.05, 0) is 31.4 Å². The zero-order valence-corrected chi connectivity index (χ0v) is 17.9. The Hall–Kier alpha value is -2.13. The van der Waals surface area contributed by atoms with E-state index in [0.717, 1.165) is 29.0 Å². The number of amides is 2. The maximum absolute atomic E-state index is 13.0. The number of aryl methyl sites for hydroxylation is 1. The minimum absolute atomic E-state index is 0.0599. The van der Waals surface area contributed by atoms with E-state index in [0.29, 0.717) is 45.1 Å². The number of hydrogen-bond acceptors (Lipinski definition) is 5. The molecule has 0 radical (unpaired) electrons. The van der Waals surface area contributed by atoms with E-state index in [1.807, 2.05) is 19.1 Å². The third kappa shape index (κ3) is 5.27. The molecule has 0 spiro atoms. The summed E-state index contributed by atoms with van der Waals surface area (Å²) in [6.45, 7) is 4.67. The van der Waals surface area contributed by atoms with Gasteiger partial charge in [-0.15, -0.1) is 0 Å². The average Bonchev–Trinajstić information content (AvgIpc) is 2.72. The van der Waals surface area contributed by atoms with Crippen LogP contribution < -0.4 is 4.31 Å². The number of rotatable bonds is 5. The lowest BCUT2D eigenvalue weighted by Gasteiger charge is -2.37. The largest absolute Gasteiger partial charge is 0.378 e. The molecule has 1 unspecified atom stereocenters. The fraction of sp³-hybridized carbons (Fsp3) is 0.600. The summed E-state index contributed by atoms with van der Waals surface area (Å²) in [5.74, 6) is -0.459. The molecule has 160 valence electrons. The summed E-state index contributed by atoms with van der Waals surface area (Å²) in [5, 5.41) is 0. The van der Waals surface area contributed by atoms with Crippen molar-refractivity contribution in [1.29, 1.82) is 0 Å². The number of benzene rings is 1. The Kier molecular flexibility index (Phi) is 6.79. The monoisotopic (exact) mass is 423 g/mol. The Morgan fingerprint density at radius 3 is 2.48 bits per heavy atom. The van der Waals surface area contributed by atoms with Gasteiger partial charge in [0.25, 0.3) is 0 Å². The van der Waals surface area contributed by atoms with E-state index in [4.69, 9.17) is 4.74 Å². The molecule has 0 bridgehead atoms. The third-order valence-corrected chi connectivity index (χ3v) is 6.64. The van der Waals surface area contributed by atoms with E-state index in [2.05, 4.69) is 0 Å². The molecule has 9 heteroatoms. The van der Waals surface area contributed by atoms with Crippen molar-refractivity contribution in [1.82, 2.24) is 9.80 Å². The predicted octanol–water partition coefficient (Wildman–Crippen LogP) is 0.858. The summed E-state index contributed by atoms with van der Waals surface area (Å²) >= 11 is 0. The Morgan fingerprint density at radius 1 is 1.14 bits per heavy atom. The number of carbonyl (C=O) groups excluding carboxylic acids is 2. The van der Waals surface area contributed by atoms with Gasteiger partial charge in [-0.3, -0.25) is 13.9 Å². The molecular weight excluding hydrogens is 394 g/mol. The third-order valence-electron chi connectivity index (χ3n) is 5.51. The Labute approximate surface area is 172 Å². The number of anilines is 1. The van der Waals surface area contributed by atoms with Crippen molar-refractivity contribution in [2.45, 2.75) is 19.8 Å². The van der Waals surface area contributed by atoms with Gasteiger partial charge in [-0.1, -0.05) is 18.2 Å². The van der Waals surface area contributed by atoms with E-state index >= 15 is 0 Å². The second-order valence-corrected chi connectivity index (χ2v) is 9.58. The minimum Gasteiger partial charge on any atom is -0.378 e. The molecule has 2 amide bonds. The molecule has 1 aromatic carbocycles. The van der Waals surface area contributed by atoms with Gasteiger partial charge in [0.1, 0.15) is 6.54 Å². The summed E-state index contributed by atoms with van der Waals surface area (Å²) in [6, 6.07) is 7.09. The summed E-state index contributed by atoms with van der Waals surface area (Å²) in [7, 11) is -3.62. The summed E-state index contributed by atoms with van der Waals surface area (Å²) in [5.41, 5.74) is 1.28. The van der Waals surface area contributed by atoms with E-state index < -0.39 is 10.0 Å². The first kappa shape index (κ1) is 21.6. The normalized spacial score (nSPS) is 20.4. The highest BCUT2D eigenvalue weighted by Gasteiger charge is 2.33. The van der Waals surface area contributed by atoms with Gasteiger partial charge in [0, 0.05) is 26.2 Å². The molecule has 2 saturated heterocycles. The van der Waals surface area contributed by atoms with Crippen molar-refractivity contribution in [2.75, 3.05) is 56.5 Å². The predicted molar refractivity (Wildman–Crippen MR) is 110 cm³/mol. The van der Waals surface area contributed by atoms with Gasteiger partial charge < -0.3 is 14.5 Å². The van der Waals surface area contributed by atoms with Crippen LogP contribution in [-0.2, 0) is 24.3 Å². The zero-order valence-electron chi connectivity index (χ0n) is 17.0. The van der Waals surface area contributed by atoms with Crippen LogP contribution in [0.15, 0.2) is 24.3 Å². The number of hydrogen-bond donors (Lipinski definition) is 0. The number of carbonyl (C=O) groups is 2. The van der Waals surface area contributed by atoms with Crippen molar-refractivity contribution in [3.05, 3.63) is 29.8 Å². The van der Waals surface area contributed by atoms with Crippen molar-refractivity contribution < 1.29 is 22.7 Å². The van der Waals surface area contributed by atoms with Crippen LogP contribution in [0.4, 0.5) is 5.69 Å². The van der Waals surface area contributed by atoms with Crippen molar-refractivity contribution in [3.63, 3.8) is 0 Å². The van der Waals surface area contributed by atoms with Crippen LogP contribution in [0.1, 0.15) is 18.4 Å². The number of ether oxygens (including phenoxy) is 1. The molecule has 3 rings (SSSR count). The molecule has 2 heterocycles. The van der Waals surface area contributed by atoms with Gasteiger partial charge in [-0.2, -0.15) is 0 Å². The standard InChI is InChI=1S/C20H29N3O5S/c1-16-6-3-4-8-18(16)23(29(2,26)27)15-19(24)22-9-5-7-17(14-22)20(25)21-10-12-28-13-11-21/h3-4,6,8,17H,5,7,9-15H2,1-2H3. The van der Waals surface area contributed by atoms with E-state index in [9.17, 15) is 18.0 Å². The summed E-state index contributed by atoms with van der Waals surface area (Å²) < 4.78 is 31.2. The van der Waals surface area contributed by atoms with Gasteiger partial charge in [0.05, 0.1) is 31.1 Å². The number of nitrogens with zero attached hydrogens (tertiary/aromatic N) is 3. The molecule has 0 saturated carbocycles. The fourth-order valence-corrected chi connectivity index (χ4v) is 4.80. The van der Waals surface area contributed by atoms with Crippen LogP contribution in [0.2, 0.25) is 0 Å². The molecule has 2 aliphatic heterocycles. The number of para-hydroxylation sites is 1. The first-order chi connectivity index (χ1) is 13.8. The highest BCUT2D eigenvalue weighted by Crippen LogP contribution is 2.24. The zero-order chi connectivity index (χ0) is 21.0. The van der Waals surface area contributed by atoms with Crippen LogP contribution >= 0.6 is 0 Å². The van der Waals surface area contributed by atoms with E-state index in [1.165, 1.54) is 0 Å². The van der Waals surface area contributed by atoms with Crippen LogP contribution in [0, 0.1) is 12.8 Å². The lowest BCUT2D eigenvalue weighted by Crippen LogP contribution is -2.51. The van der Waals surface area contributed by atoms with Gasteiger partial charge >= 0.3 is 0 Å². The maximum atomic E-state index is 13.0. The SMILES string of the molecule is Cc1ccccc1N(CC(=O)N1CCCC(C(=O)N2CCOCC2)C1)S(C)(=O)=O. The molecule has 1 aromatic rings. The molecular formula is C20H29N3O5S. The maximum Gasteiger partial charge on any atom is 0.243 e. The minimum atomic E-state index is -3.62. The van der Waals surface area contributed by atoms with Crippen molar-refractivity contribution in [3.8, 4) is 0 Å². The van der Waals surface area contributed by atoms with E-state index in [1.54, 1.807) is 21.9 Å². The van der Waals surface area contributed by atoms with Crippen molar-refractivity contribution >= 4 is 27.5 Å². The quantitative estimate of drug-likeness (QED) is 0.701. The number of morpholine rings is 1. The molecule has 1 atom stereocenters. The van der Waals surface area contributed by atoms with Gasteiger partial charge in [0.2, 0.25) is 21.8 Å². The number of sulfonamides is 1. The van der Waals surface area contributed by atoms with E-state index in [-0.39, 0.29) is 24.3 Å². The number of piperidine rings is 1. The van der Waals surface area contributed by atoms with Gasteiger partial charge in [0.15, 0.2) is 0 Å². The number of likely N-dealkylation sites (tertiary alicyclic amines) is 1. The molecule has 0 N–H and O–H groups in total. The highest BCUT2D eigenvalue weighted by atomic mass is 32.2. The Morgan fingerprint density at radius 2 is 1.83 bits per heavy atom. The molecule has 0 aromatic heterocycles. The van der Waals surface area contributed by atoms with Gasteiger partial charge in [-0.25, -0.2) is 8.42 Å². The summed E-state index contributed by atoms with van der Waals surface area (Å²) in [4.78, 5) is 29.2. The molecule has 2 aliphatic rings. The second-order valence-electron chi connectivity index (χ2n) is 7.67. The van der Waals surface area contributed by atoms with Crippen molar-refractivity contribution in [2.24, 2.45) is 5.92 Å². The smallest absolute Gasteiger partial charge is 0.243 e. The summed E-state index contributed by atoms with van der Waals surface area (Å²) in [6.07, 6.45) is 2.58. The lowest BCUT2D eigenvalue weighted by molar-refractivity contribution is -0.143. The first-order valence-electron chi connectivity index (χ1n) is 9.95. The first-order valence-corrected chi connectivity index (χ1v) is 11.8. The second kappa shape index (κ2) is 9.13. The molecule has 2 fully saturated rings. The lowest BCUT2D eigenvalue weighted by atomic mass is 9.96.